The van der Waals surface area contributed by atoms with Crippen molar-refractivity contribution in [1.29, 1.82) is 0 Å². The van der Waals surface area contributed by atoms with Crippen LogP contribution in [0.4, 0.5) is 0 Å². The molecule has 1 atom stereocenters. The van der Waals surface area contributed by atoms with Gasteiger partial charge in [0.1, 0.15) is 0 Å². The van der Waals surface area contributed by atoms with E-state index < -0.39 is 11.6 Å². The normalized spacial score (nSPS) is 16.7. The Morgan fingerprint density at radius 3 is 2.56 bits per heavy atom. The van der Waals surface area contributed by atoms with Crippen molar-refractivity contribution in [3.8, 4) is 11.8 Å². The van der Waals surface area contributed by atoms with Gasteiger partial charge in [-0.25, -0.2) is 4.79 Å². The third kappa shape index (κ3) is 5.74. The van der Waals surface area contributed by atoms with E-state index in [1.807, 2.05) is 25.1 Å². The van der Waals surface area contributed by atoms with E-state index in [0.717, 1.165) is 38.6 Å². The molecule has 0 saturated heterocycles. The standard InChI is InChI=1S/C20H27NO3.ClH/c1-2-21-15-9-10-16-24-19(22)20(23,17-11-5-3-6-12-17)18-13-7-4-8-14-18;/h3,5-6,11-12,18,21,23H,2,4,7-8,13-16H2,1H3;1H/t20-;/m0./s1. The zero-order valence-corrected chi connectivity index (χ0v) is 15.6. The maximum Gasteiger partial charge on any atom is 0.344 e. The van der Waals surface area contributed by atoms with E-state index in [-0.39, 0.29) is 24.9 Å². The Morgan fingerprint density at radius 2 is 1.92 bits per heavy atom. The van der Waals surface area contributed by atoms with Crippen molar-refractivity contribution in [2.45, 2.75) is 44.6 Å². The van der Waals surface area contributed by atoms with Crippen LogP contribution in [-0.2, 0) is 15.1 Å². The van der Waals surface area contributed by atoms with Gasteiger partial charge in [-0.1, -0.05) is 68.4 Å². The predicted octanol–water partition coefficient (Wildman–Crippen LogP) is 3.03. The number of carbonyl (C=O) groups excluding carboxylic acids is 1. The van der Waals surface area contributed by atoms with Gasteiger partial charge < -0.3 is 15.2 Å². The van der Waals surface area contributed by atoms with Gasteiger partial charge in [0.15, 0.2) is 12.2 Å². The summed E-state index contributed by atoms with van der Waals surface area (Å²) in [6, 6.07) is 9.15. The molecule has 1 saturated carbocycles. The van der Waals surface area contributed by atoms with Crippen LogP contribution < -0.4 is 5.32 Å². The highest BCUT2D eigenvalue weighted by Gasteiger charge is 2.46. The first-order valence-electron chi connectivity index (χ1n) is 8.81. The number of hydrogen-bond acceptors (Lipinski definition) is 4. The van der Waals surface area contributed by atoms with Crippen molar-refractivity contribution >= 4 is 18.4 Å². The van der Waals surface area contributed by atoms with Crippen LogP contribution >= 0.6 is 12.4 Å². The van der Waals surface area contributed by atoms with E-state index in [1.54, 1.807) is 12.1 Å². The van der Waals surface area contributed by atoms with Gasteiger partial charge in [-0.2, -0.15) is 0 Å². The highest BCUT2D eigenvalue weighted by atomic mass is 35.5. The van der Waals surface area contributed by atoms with E-state index in [4.69, 9.17) is 4.74 Å². The van der Waals surface area contributed by atoms with Crippen LogP contribution in [0.25, 0.3) is 0 Å². The Kier molecular flexibility index (Phi) is 9.59. The largest absolute Gasteiger partial charge is 0.450 e. The molecule has 138 valence electrons. The zero-order valence-electron chi connectivity index (χ0n) is 14.8. The van der Waals surface area contributed by atoms with Crippen LogP contribution in [-0.4, -0.2) is 30.8 Å². The fourth-order valence-corrected chi connectivity index (χ4v) is 3.25. The monoisotopic (exact) mass is 365 g/mol. The summed E-state index contributed by atoms with van der Waals surface area (Å²) in [5.41, 5.74) is -0.965. The van der Waals surface area contributed by atoms with E-state index in [9.17, 15) is 9.90 Å². The summed E-state index contributed by atoms with van der Waals surface area (Å²) < 4.78 is 5.30. The lowest BCUT2D eigenvalue weighted by molar-refractivity contribution is -0.174. The van der Waals surface area contributed by atoms with Crippen molar-refractivity contribution in [3.63, 3.8) is 0 Å². The average molecular weight is 366 g/mol. The second kappa shape index (κ2) is 11.1. The molecule has 2 rings (SSSR count). The Morgan fingerprint density at radius 1 is 1.24 bits per heavy atom. The molecule has 4 nitrogen and oxygen atoms in total. The number of esters is 1. The number of benzene rings is 1. The van der Waals surface area contributed by atoms with Crippen LogP contribution in [0.2, 0.25) is 0 Å². The molecule has 5 heteroatoms. The molecular formula is C20H28ClNO3. The molecule has 1 aliphatic rings. The molecule has 0 aromatic heterocycles. The van der Waals surface area contributed by atoms with Crippen molar-refractivity contribution < 1.29 is 14.6 Å². The Hall–Kier alpha value is -1.54. The highest BCUT2D eigenvalue weighted by molar-refractivity contribution is 5.85. The predicted molar refractivity (Wildman–Crippen MR) is 101 cm³/mol. The Bertz CT molecular complexity index is 576. The van der Waals surface area contributed by atoms with Gasteiger partial charge >= 0.3 is 5.97 Å². The third-order valence-electron chi connectivity index (χ3n) is 4.58. The van der Waals surface area contributed by atoms with Crippen molar-refractivity contribution in [1.82, 2.24) is 5.32 Å². The quantitative estimate of drug-likeness (QED) is 0.462. The number of carbonyl (C=O) groups is 1. The third-order valence-corrected chi connectivity index (χ3v) is 4.58. The smallest absolute Gasteiger partial charge is 0.344 e. The maximum absolute atomic E-state index is 12.7. The summed E-state index contributed by atoms with van der Waals surface area (Å²) in [6.07, 6.45) is 4.91. The number of hydrogen-bond donors (Lipinski definition) is 2. The lowest BCUT2D eigenvalue weighted by atomic mass is 9.73. The molecule has 0 radical (unpaired) electrons. The van der Waals surface area contributed by atoms with Gasteiger partial charge in [-0.3, -0.25) is 0 Å². The molecule has 1 aromatic rings. The van der Waals surface area contributed by atoms with Gasteiger partial charge in [0.25, 0.3) is 0 Å². The van der Waals surface area contributed by atoms with Gasteiger partial charge in [0.05, 0.1) is 6.54 Å². The molecule has 0 heterocycles. The number of rotatable bonds is 6. The summed E-state index contributed by atoms with van der Waals surface area (Å²) in [5, 5.41) is 14.4. The second-order valence-corrected chi connectivity index (χ2v) is 6.18. The fourth-order valence-electron chi connectivity index (χ4n) is 3.25. The molecule has 1 aliphatic carbocycles. The first-order chi connectivity index (χ1) is 11.7. The van der Waals surface area contributed by atoms with Crippen molar-refractivity contribution in [2.24, 2.45) is 5.92 Å². The fraction of sp³-hybridized carbons (Fsp3) is 0.550. The minimum atomic E-state index is -1.58. The van der Waals surface area contributed by atoms with E-state index >= 15 is 0 Å². The number of ether oxygens (including phenoxy) is 1. The second-order valence-electron chi connectivity index (χ2n) is 6.18. The molecule has 1 fully saturated rings. The van der Waals surface area contributed by atoms with Gasteiger partial charge in [-0.05, 0) is 24.9 Å². The summed E-state index contributed by atoms with van der Waals surface area (Å²) in [5.74, 6) is 5.02. The minimum absolute atomic E-state index is 0. The molecule has 0 bridgehead atoms. The van der Waals surface area contributed by atoms with Crippen LogP contribution in [0.1, 0.15) is 44.6 Å². The molecule has 0 aliphatic heterocycles. The molecular weight excluding hydrogens is 338 g/mol. The number of nitrogens with one attached hydrogen (secondary N) is 1. The first-order valence-corrected chi connectivity index (χ1v) is 8.81. The summed E-state index contributed by atoms with van der Waals surface area (Å²) in [4.78, 5) is 12.7. The molecule has 2 N–H and O–H groups in total. The van der Waals surface area contributed by atoms with Crippen LogP contribution in [0, 0.1) is 17.8 Å². The molecule has 1 aromatic carbocycles. The average Bonchev–Trinajstić information content (AvgIpc) is 2.65. The minimum Gasteiger partial charge on any atom is -0.450 e. The topological polar surface area (TPSA) is 58.6 Å². The van der Waals surface area contributed by atoms with E-state index in [1.165, 1.54) is 0 Å². The summed E-state index contributed by atoms with van der Waals surface area (Å²) >= 11 is 0. The van der Waals surface area contributed by atoms with Crippen LogP contribution in [0.5, 0.6) is 0 Å². The van der Waals surface area contributed by atoms with Crippen LogP contribution in [0.15, 0.2) is 30.3 Å². The summed E-state index contributed by atoms with van der Waals surface area (Å²) in [6.45, 7) is 3.43. The number of aliphatic hydroxyl groups is 1. The van der Waals surface area contributed by atoms with Crippen LogP contribution in [0.3, 0.4) is 0 Å². The zero-order chi connectivity index (χ0) is 17.3. The lowest BCUT2D eigenvalue weighted by Gasteiger charge is -2.36. The summed E-state index contributed by atoms with van der Waals surface area (Å²) in [7, 11) is 0. The van der Waals surface area contributed by atoms with Gasteiger partial charge in [0.2, 0.25) is 0 Å². The molecule has 25 heavy (non-hydrogen) atoms. The van der Waals surface area contributed by atoms with Gasteiger partial charge in [-0.15, -0.1) is 12.4 Å². The van der Waals surface area contributed by atoms with Crippen molar-refractivity contribution in [3.05, 3.63) is 35.9 Å². The maximum atomic E-state index is 12.7. The van der Waals surface area contributed by atoms with E-state index in [0.29, 0.717) is 12.1 Å². The van der Waals surface area contributed by atoms with Crippen molar-refractivity contribution in [2.75, 3.05) is 19.7 Å². The molecule has 0 amide bonds. The lowest BCUT2D eigenvalue weighted by Crippen LogP contribution is -2.45. The highest BCUT2D eigenvalue weighted by Crippen LogP contribution is 2.40. The Labute approximate surface area is 156 Å². The SMILES string of the molecule is CCNCC#CCOC(=O)[C@](O)(c1ccccc1)C1CCCCC1.Cl. The van der Waals surface area contributed by atoms with Gasteiger partial charge in [0, 0.05) is 5.92 Å². The molecule has 0 unspecified atom stereocenters. The first kappa shape index (κ1) is 21.5. The Balaban J connectivity index is 0.00000312. The number of halogens is 1. The molecule has 0 spiro atoms. The van der Waals surface area contributed by atoms with E-state index in [2.05, 4.69) is 17.2 Å².